The summed E-state index contributed by atoms with van der Waals surface area (Å²) in [5.74, 6) is 0.473. The maximum atomic E-state index is 11.8. The van der Waals surface area contributed by atoms with E-state index in [4.69, 9.17) is 15.7 Å². The predicted molar refractivity (Wildman–Crippen MR) is 59.4 cm³/mol. The number of nitrogens with zero attached hydrogens (tertiary/aromatic N) is 2. The van der Waals surface area contributed by atoms with Crippen LogP contribution in [0.4, 0.5) is 0 Å². The van der Waals surface area contributed by atoms with E-state index < -0.39 is 6.10 Å². The van der Waals surface area contributed by atoms with Gasteiger partial charge in [-0.25, -0.2) is 0 Å². The van der Waals surface area contributed by atoms with Crippen LogP contribution in [0.15, 0.2) is 0 Å². The number of hydrogen-bond donors (Lipinski definition) is 1. The molecule has 0 bridgehead atoms. The van der Waals surface area contributed by atoms with Crippen molar-refractivity contribution in [2.75, 3.05) is 26.2 Å². The number of nitriles is 1. The molecule has 1 amide bonds. The first-order valence-electron chi connectivity index (χ1n) is 5.66. The number of carbonyl (C=O) groups excluding carboxylic acids is 1. The third-order valence-corrected chi connectivity index (χ3v) is 2.82. The van der Waals surface area contributed by atoms with Crippen LogP contribution in [0, 0.1) is 17.2 Å². The van der Waals surface area contributed by atoms with Crippen molar-refractivity contribution >= 4 is 5.91 Å². The molecule has 0 aromatic rings. The van der Waals surface area contributed by atoms with Crippen LogP contribution in [0.25, 0.3) is 0 Å². The third kappa shape index (κ3) is 3.80. The highest BCUT2D eigenvalue weighted by Crippen LogP contribution is 2.10. The minimum atomic E-state index is -0.468. The van der Waals surface area contributed by atoms with Gasteiger partial charge >= 0.3 is 0 Å². The fourth-order valence-electron chi connectivity index (χ4n) is 1.60. The second-order valence-electron chi connectivity index (χ2n) is 4.21. The summed E-state index contributed by atoms with van der Waals surface area (Å²) in [7, 11) is 0. The average Bonchev–Trinajstić information content (AvgIpc) is 2.35. The SMILES string of the molecule is CC(CN)CCC(=O)N1CCOC(C#N)C1. The zero-order chi connectivity index (χ0) is 12.0. The molecule has 1 aliphatic rings. The van der Waals surface area contributed by atoms with Gasteiger partial charge in [0.25, 0.3) is 0 Å². The second-order valence-corrected chi connectivity index (χ2v) is 4.21. The molecule has 1 heterocycles. The summed E-state index contributed by atoms with van der Waals surface area (Å²) in [5.41, 5.74) is 5.49. The quantitative estimate of drug-likeness (QED) is 0.736. The van der Waals surface area contributed by atoms with Crippen molar-refractivity contribution in [1.82, 2.24) is 4.90 Å². The van der Waals surface area contributed by atoms with E-state index in [2.05, 4.69) is 0 Å². The molecule has 2 atom stereocenters. The van der Waals surface area contributed by atoms with Gasteiger partial charge in [-0.2, -0.15) is 5.26 Å². The number of nitrogens with two attached hydrogens (primary N) is 1. The Morgan fingerprint density at radius 3 is 3.12 bits per heavy atom. The van der Waals surface area contributed by atoms with Crippen molar-refractivity contribution in [3.8, 4) is 6.07 Å². The average molecular weight is 225 g/mol. The van der Waals surface area contributed by atoms with Gasteiger partial charge in [-0.15, -0.1) is 0 Å². The van der Waals surface area contributed by atoms with Gasteiger partial charge in [-0.1, -0.05) is 6.92 Å². The van der Waals surface area contributed by atoms with Crippen LogP contribution in [-0.2, 0) is 9.53 Å². The van der Waals surface area contributed by atoms with Crippen molar-refractivity contribution in [2.24, 2.45) is 11.7 Å². The molecule has 2 unspecified atom stereocenters. The molecule has 1 saturated heterocycles. The highest BCUT2D eigenvalue weighted by atomic mass is 16.5. The molecule has 0 aliphatic carbocycles. The summed E-state index contributed by atoms with van der Waals surface area (Å²) >= 11 is 0. The highest BCUT2D eigenvalue weighted by molar-refractivity contribution is 5.76. The Bertz CT molecular complexity index is 275. The lowest BCUT2D eigenvalue weighted by Crippen LogP contribution is -2.45. The molecule has 1 rings (SSSR count). The number of carbonyl (C=O) groups is 1. The van der Waals surface area contributed by atoms with E-state index in [1.807, 2.05) is 13.0 Å². The van der Waals surface area contributed by atoms with Gasteiger partial charge in [0.1, 0.15) is 0 Å². The fourth-order valence-corrected chi connectivity index (χ4v) is 1.60. The van der Waals surface area contributed by atoms with E-state index in [-0.39, 0.29) is 5.91 Å². The lowest BCUT2D eigenvalue weighted by molar-refractivity contribution is -0.137. The molecule has 16 heavy (non-hydrogen) atoms. The summed E-state index contributed by atoms with van der Waals surface area (Å²) in [6.45, 7) is 4.08. The number of ether oxygens (including phenoxy) is 1. The van der Waals surface area contributed by atoms with E-state index in [1.54, 1.807) is 4.90 Å². The minimum absolute atomic E-state index is 0.101. The van der Waals surface area contributed by atoms with E-state index in [1.165, 1.54) is 0 Å². The van der Waals surface area contributed by atoms with Crippen molar-refractivity contribution in [1.29, 1.82) is 5.26 Å². The number of hydrogen-bond acceptors (Lipinski definition) is 4. The molecule has 90 valence electrons. The van der Waals surface area contributed by atoms with Gasteiger partial charge in [0, 0.05) is 13.0 Å². The molecule has 0 radical (unpaired) electrons. The maximum Gasteiger partial charge on any atom is 0.222 e. The first kappa shape index (κ1) is 12.9. The lowest BCUT2D eigenvalue weighted by Gasteiger charge is -2.30. The largest absolute Gasteiger partial charge is 0.360 e. The molecule has 1 fully saturated rings. The molecule has 5 heteroatoms. The summed E-state index contributed by atoms with van der Waals surface area (Å²) in [6, 6.07) is 2.03. The van der Waals surface area contributed by atoms with Gasteiger partial charge in [-0.3, -0.25) is 4.79 Å². The van der Waals surface area contributed by atoms with Crippen LogP contribution < -0.4 is 5.73 Å². The molecule has 5 nitrogen and oxygen atoms in total. The van der Waals surface area contributed by atoms with E-state index in [0.29, 0.717) is 38.6 Å². The van der Waals surface area contributed by atoms with Crippen molar-refractivity contribution < 1.29 is 9.53 Å². The zero-order valence-electron chi connectivity index (χ0n) is 9.69. The second kappa shape index (κ2) is 6.46. The Morgan fingerprint density at radius 1 is 1.75 bits per heavy atom. The third-order valence-electron chi connectivity index (χ3n) is 2.82. The van der Waals surface area contributed by atoms with Gasteiger partial charge in [0.2, 0.25) is 5.91 Å². The highest BCUT2D eigenvalue weighted by Gasteiger charge is 2.23. The van der Waals surface area contributed by atoms with Gasteiger partial charge in [-0.05, 0) is 18.9 Å². The molecular formula is C11H19N3O2. The standard InChI is InChI=1S/C11H19N3O2/c1-9(6-12)2-3-11(15)14-4-5-16-10(7-13)8-14/h9-10H,2-6,8,12H2,1H3. The fraction of sp³-hybridized carbons (Fsp3) is 0.818. The Morgan fingerprint density at radius 2 is 2.50 bits per heavy atom. The number of amides is 1. The van der Waals surface area contributed by atoms with Crippen LogP contribution in [-0.4, -0.2) is 43.2 Å². The first-order valence-corrected chi connectivity index (χ1v) is 5.66. The first-order chi connectivity index (χ1) is 7.67. The van der Waals surface area contributed by atoms with Gasteiger partial charge in [0.15, 0.2) is 6.10 Å². The van der Waals surface area contributed by atoms with Crippen LogP contribution in [0.3, 0.4) is 0 Å². The van der Waals surface area contributed by atoms with Crippen LogP contribution >= 0.6 is 0 Å². The molecule has 1 aliphatic heterocycles. The zero-order valence-corrected chi connectivity index (χ0v) is 9.69. The molecule has 0 aromatic carbocycles. The molecule has 0 aromatic heterocycles. The van der Waals surface area contributed by atoms with Crippen molar-refractivity contribution in [2.45, 2.75) is 25.9 Å². The lowest BCUT2D eigenvalue weighted by atomic mass is 10.1. The minimum Gasteiger partial charge on any atom is -0.360 e. The van der Waals surface area contributed by atoms with Crippen molar-refractivity contribution in [3.05, 3.63) is 0 Å². The summed E-state index contributed by atoms with van der Waals surface area (Å²) in [5, 5.41) is 8.72. The van der Waals surface area contributed by atoms with Crippen LogP contribution in [0.2, 0.25) is 0 Å². The normalized spacial score (nSPS) is 22.6. The Labute approximate surface area is 96.2 Å². The smallest absolute Gasteiger partial charge is 0.222 e. The summed E-state index contributed by atoms with van der Waals surface area (Å²) in [6.07, 6.45) is 0.852. The van der Waals surface area contributed by atoms with Crippen LogP contribution in [0.1, 0.15) is 19.8 Å². The van der Waals surface area contributed by atoms with Crippen molar-refractivity contribution in [3.63, 3.8) is 0 Å². The Balaban J connectivity index is 2.33. The predicted octanol–water partition coefficient (Wildman–Crippen LogP) is 0.112. The van der Waals surface area contributed by atoms with E-state index in [9.17, 15) is 4.79 Å². The molecule has 0 spiro atoms. The van der Waals surface area contributed by atoms with Gasteiger partial charge < -0.3 is 15.4 Å². The Kier molecular flexibility index (Phi) is 5.23. The summed E-state index contributed by atoms with van der Waals surface area (Å²) in [4.78, 5) is 13.5. The topological polar surface area (TPSA) is 79.3 Å². The molecule has 0 saturated carbocycles. The number of rotatable bonds is 4. The van der Waals surface area contributed by atoms with Gasteiger partial charge in [0.05, 0.1) is 19.2 Å². The monoisotopic (exact) mass is 225 g/mol. The van der Waals surface area contributed by atoms with E-state index in [0.717, 1.165) is 6.42 Å². The molecular weight excluding hydrogens is 206 g/mol. The Hall–Kier alpha value is -1.12. The molecule has 2 N–H and O–H groups in total. The summed E-state index contributed by atoms with van der Waals surface area (Å²) < 4.78 is 5.18. The van der Waals surface area contributed by atoms with E-state index >= 15 is 0 Å². The maximum absolute atomic E-state index is 11.8. The van der Waals surface area contributed by atoms with Crippen LogP contribution in [0.5, 0.6) is 0 Å². The number of morpholine rings is 1.